The quantitative estimate of drug-likeness (QED) is 0.815. The molecule has 0 saturated heterocycles. The number of hydrogen-bond acceptors (Lipinski definition) is 3. The maximum absolute atomic E-state index is 12.3. The van der Waals surface area contributed by atoms with Crippen LogP contribution in [0.3, 0.4) is 0 Å². The summed E-state index contributed by atoms with van der Waals surface area (Å²) in [5.41, 5.74) is 0.630. The van der Waals surface area contributed by atoms with Crippen LogP contribution in [0.25, 0.3) is 0 Å². The molecule has 3 rings (SSSR count). The lowest BCUT2D eigenvalue weighted by Crippen LogP contribution is -2.34. The molecule has 0 spiro atoms. The Hall–Kier alpha value is -1.55. The summed E-state index contributed by atoms with van der Waals surface area (Å²) in [7, 11) is 0. The van der Waals surface area contributed by atoms with E-state index in [1.54, 1.807) is 11.0 Å². The minimum atomic E-state index is -0.00102. The van der Waals surface area contributed by atoms with Gasteiger partial charge in [0.25, 0.3) is 5.91 Å². The Labute approximate surface area is 106 Å². The molecule has 0 aromatic heterocycles. The van der Waals surface area contributed by atoms with E-state index < -0.39 is 0 Å². The third-order valence-corrected chi connectivity index (χ3v) is 3.32. The lowest BCUT2D eigenvalue weighted by Gasteiger charge is -2.19. The molecule has 1 aliphatic carbocycles. The highest BCUT2D eigenvalue weighted by Crippen LogP contribution is 2.29. The molecule has 0 atom stereocenters. The first kappa shape index (κ1) is 11.5. The van der Waals surface area contributed by atoms with Crippen molar-refractivity contribution in [3.05, 3.63) is 29.8 Å². The largest absolute Gasteiger partial charge is 0.491 e. The first-order valence-electron chi connectivity index (χ1n) is 6.43. The van der Waals surface area contributed by atoms with Gasteiger partial charge in [0.05, 0.1) is 18.7 Å². The molecular weight excluding hydrogens is 230 g/mol. The van der Waals surface area contributed by atoms with Gasteiger partial charge in [-0.3, -0.25) is 4.79 Å². The molecule has 0 unspecified atom stereocenters. The molecule has 1 amide bonds. The van der Waals surface area contributed by atoms with Crippen molar-refractivity contribution in [3.63, 3.8) is 0 Å². The van der Waals surface area contributed by atoms with E-state index in [4.69, 9.17) is 9.47 Å². The molecule has 1 aromatic carbocycles. The standard InChI is InChI=1S/C14H17NO3/c16-14-12-3-1-2-4-13(12)18-8-7-15(14)10-17-9-11-5-6-11/h1-4,11H,5-10H2. The third-order valence-electron chi connectivity index (χ3n) is 3.32. The van der Waals surface area contributed by atoms with Crippen molar-refractivity contribution in [1.29, 1.82) is 0 Å². The maximum atomic E-state index is 12.3. The Kier molecular flexibility index (Phi) is 3.19. The normalized spacial score (nSPS) is 19.1. The number of benzene rings is 1. The number of fused-ring (bicyclic) bond motifs is 1. The SMILES string of the molecule is O=C1c2ccccc2OCCN1COCC1CC1. The van der Waals surface area contributed by atoms with Gasteiger partial charge in [-0.1, -0.05) is 12.1 Å². The average molecular weight is 247 g/mol. The van der Waals surface area contributed by atoms with E-state index in [0.717, 1.165) is 12.5 Å². The Morgan fingerprint density at radius 3 is 3.00 bits per heavy atom. The van der Waals surface area contributed by atoms with Gasteiger partial charge in [-0.2, -0.15) is 0 Å². The van der Waals surface area contributed by atoms with E-state index in [0.29, 0.717) is 31.2 Å². The molecule has 0 N–H and O–H groups in total. The number of nitrogens with zero attached hydrogens (tertiary/aromatic N) is 1. The van der Waals surface area contributed by atoms with Crippen molar-refractivity contribution in [2.45, 2.75) is 12.8 Å². The number of hydrogen-bond donors (Lipinski definition) is 0. The van der Waals surface area contributed by atoms with Crippen LogP contribution < -0.4 is 4.74 Å². The van der Waals surface area contributed by atoms with Gasteiger partial charge >= 0.3 is 0 Å². The lowest BCUT2D eigenvalue weighted by atomic mass is 10.2. The van der Waals surface area contributed by atoms with Gasteiger partial charge in [-0.15, -0.1) is 0 Å². The fourth-order valence-electron chi connectivity index (χ4n) is 2.04. The Morgan fingerprint density at radius 1 is 1.33 bits per heavy atom. The number of rotatable bonds is 4. The second-order valence-corrected chi connectivity index (χ2v) is 4.86. The minimum absolute atomic E-state index is 0.00102. The van der Waals surface area contributed by atoms with Gasteiger partial charge in [0, 0.05) is 0 Å². The van der Waals surface area contributed by atoms with E-state index in [1.165, 1.54) is 12.8 Å². The summed E-state index contributed by atoms with van der Waals surface area (Å²) < 4.78 is 11.2. The van der Waals surface area contributed by atoms with Crippen molar-refractivity contribution in [3.8, 4) is 5.75 Å². The van der Waals surface area contributed by atoms with E-state index >= 15 is 0 Å². The topological polar surface area (TPSA) is 38.8 Å². The second kappa shape index (κ2) is 4.98. The molecule has 1 aromatic rings. The molecular formula is C14H17NO3. The summed E-state index contributed by atoms with van der Waals surface area (Å²) in [4.78, 5) is 14.0. The molecule has 4 heteroatoms. The highest BCUT2D eigenvalue weighted by atomic mass is 16.5. The zero-order valence-electron chi connectivity index (χ0n) is 10.3. The minimum Gasteiger partial charge on any atom is -0.491 e. The van der Waals surface area contributed by atoms with Gasteiger partial charge in [-0.05, 0) is 30.9 Å². The second-order valence-electron chi connectivity index (χ2n) is 4.86. The summed E-state index contributed by atoms with van der Waals surface area (Å²) in [5.74, 6) is 1.39. The molecule has 2 aliphatic rings. The number of ether oxygens (including phenoxy) is 2. The van der Waals surface area contributed by atoms with Gasteiger partial charge in [0.1, 0.15) is 19.1 Å². The summed E-state index contributed by atoms with van der Waals surface area (Å²) in [5, 5.41) is 0. The van der Waals surface area contributed by atoms with Crippen molar-refractivity contribution in [1.82, 2.24) is 4.90 Å². The number of carbonyl (C=O) groups is 1. The predicted octanol–water partition coefficient (Wildman–Crippen LogP) is 1.91. The van der Waals surface area contributed by atoms with Crippen LogP contribution in [0.2, 0.25) is 0 Å². The molecule has 1 fully saturated rings. The van der Waals surface area contributed by atoms with E-state index in [9.17, 15) is 4.79 Å². The number of amides is 1. The number of carbonyl (C=O) groups excluding carboxylic acids is 1. The van der Waals surface area contributed by atoms with Crippen molar-refractivity contribution >= 4 is 5.91 Å². The van der Waals surface area contributed by atoms with E-state index in [-0.39, 0.29) is 5.91 Å². The Morgan fingerprint density at radius 2 is 2.17 bits per heavy atom. The van der Waals surface area contributed by atoms with Crippen LogP contribution in [0.5, 0.6) is 5.75 Å². The summed E-state index contributed by atoms with van der Waals surface area (Å²) in [6.45, 7) is 2.24. The van der Waals surface area contributed by atoms with Gasteiger partial charge in [-0.25, -0.2) is 0 Å². The molecule has 4 nitrogen and oxygen atoms in total. The zero-order valence-corrected chi connectivity index (χ0v) is 10.3. The van der Waals surface area contributed by atoms with E-state index in [1.807, 2.05) is 18.2 Å². The maximum Gasteiger partial charge on any atom is 0.259 e. The highest BCUT2D eigenvalue weighted by Gasteiger charge is 2.25. The Balaban J connectivity index is 1.66. The smallest absolute Gasteiger partial charge is 0.259 e. The highest BCUT2D eigenvalue weighted by molar-refractivity contribution is 5.97. The van der Waals surface area contributed by atoms with Crippen LogP contribution in [0.1, 0.15) is 23.2 Å². The van der Waals surface area contributed by atoms with Gasteiger partial charge < -0.3 is 14.4 Å². The van der Waals surface area contributed by atoms with Crippen LogP contribution in [-0.2, 0) is 4.74 Å². The molecule has 18 heavy (non-hydrogen) atoms. The molecule has 0 bridgehead atoms. The van der Waals surface area contributed by atoms with Crippen LogP contribution >= 0.6 is 0 Å². The fourth-order valence-corrected chi connectivity index (χ4v) is 2.04. The van der Waals surface area contributed by atoms with Gasteiger partial charge in [0.15, 0.2) is 0 Å². The van der Waals surface area contributed by atoms with Crippen LogP contribution in [0.4, 0.5) is 0 Å². The Bertz CT molecular complexity index is 442. The first-order valence-corrected chi connectivity index (χ1v) is 6.43. The zero-order chi connectivity index (χ0) is 12.4. The molecule has 96 valence electrons. The molecule has 1 saturated carbocycles. The van der Waals surface area contributed by atoms with Crippen LogP contribution in [0, 0.1) is 5.92 Å². The average Bonchev–Trinajstić information content (AvgIpc) is 3.21. The summed E-state index contributed by atoms with van der Waals surface area (Å²) >= 11 is 0. The number of para-hydroxylation sites is 1. The van der Waals surface area contributed by atoms with Crippen LogP contribution in [0.15, 0.2) is 24.3 Å². The predicted molar refractivity (Wildman–Crippen MR) is 66.5 cm³/mol. The fraction of sp³-hybridized carbons (Fsp3) is 0.500. The lowest BCUT2D eigenvalue weighted by molar-refractivity contribution is 0.0192. The van der Waals surface area contributed by atoms with E-state index in [2.05, 4.69) is 0 Å². The monoisotopic (exact) mass is 247 g/mol. The van der Waals surface area contributed by atoms with Crippen molar-refractivity contribution in [2.75, 3.05) is 26.5 Å². The summed E-state index contributed by atoms with van der Waals surface area (Å²) in [6.07, 6.45) is 2.53. The first-order chi connectivity index (χ1) is 8.84. The summed E-state index contributed by atoms with van der Waals surface area (Å²) in [6, 6.07) is 7.37. The molecule has 1 heterocycles. The molecule has 0 radical (unpaired) electrons. The van der Waals surface area contributed by atoms with Crippen molar-refractivity contribution < 1.29 is 14.3 Å². The third kappa shape index (κ3) is 2.48. The van der Waals surface area contributed by atoms with Crippen molar-refractivity contribution in [2.24, 2.45) is 5.92 Å². The van der Waals surface area contributed by atoms with Crippen LogP contribution in [-0.4, -0.2) is 37.3 Å². The van der Waals surface area contributed by atoms with Gasteiger partial charge in [0.2, 0.25) is 0 Å². The molecule has 1 aliphatic heterocycles.